The molecule has 26 heavy (non-hydrogen) atoms. The molecule has 0 aliphatic carbocycles. The van der Waals surface area contributed by atoms with E-state index in [-0.39, 0.29) is 18.7 Å². The van der Waals surface area contributed by atoms with Crippen LogP contribution in [0.4, 0.5) is 11.4 Å². The Balaban J connectivity index is 1.73. The third-order valence-corrected chi connectivity index (χ3v) is 5.13. The van der Waals surface area contributed by atoms with E-state index in [2.05, 4.69) is 27.9 Å². The molecule has 0 spiro atoms. The van der Waals surface area contributed by atoms with E-state index in [0.717, 1.165) is 24.2 Å². The average molecular weight is 369 g/mol. The predicted molar refractivity (Wildman–Crippen MR) is 104 cm³/mol. The number of aliphatic hydroxyl groups is 1. The molecule has 1 aliphatic rings. The number of halogens is 1. The van der Waals surface area contributed by atoms with Gasteiger partial charge in [-0.15, -0.1) is 0 Å². The molecule has 2 aromatic carbocycles. The summed E-state index contributed by atoms with van der Waals surface area (Å²) in [6.07, 6.45) is 1.01. The highest BCUT2D eigenvalue weighted by atomic mass is 35.5. The van der Waals surface area contributed by atoms with Crippen molar-refractivity contribution in [2.24, 2.45) is 0 Å². The Bertz CT molecular complexity index is 899. The van der Waals surface area contributed by atoms with E-state index >= 15 is 0 Å². The van der Waals surface area contributed by atoms with Crippen molar-refractivity contribution in [3.8, 4) is 0 Å². The zero-order chi connectivity index (χ0) is 18.9. The molecule has 0 unspecified atom stereocenters. The molecule has 134 valence electrons. The Morgan fingerprint density at radius 1 is 1.35 bits per heavy atom. The second kappa shape index (κ2) is 7.11. The molecule has 1 N–H and O–H groups in total. The van der Waals surface area contributed by atoms with E-state index in [0.29, 0.717) is 16.3 Å². The second-order valence-electron chi connectivity index (χ2n) is 7.08. The van der Waals surface area contributed by atoms with E-state index in [1.807, 2.05) is 6.92 Å². The van der Waals surface area contributed by atoms with Crippen LogP contribution in [0.25, 0.3) is 4.85 Å². The summed E-state index contributed by atoms with van der Waals surface area (Å²) in [7, 11) is 0. The van der Waals surface area contributed by atoms with Gasteiger partial charge in [-0.2, -0.15) is 0 Å². The first-order chi connectivity index (χ1) is 12.3. The van der Waals surface area contributed by atoms with Gasteiger partial charge in [0.15, 0.2) is 5.78 Å². The maximum absolute atomic E-state index is 12.7. The monoisotopic (exact) mass is 368 g/mol. The number of carbonyl (C=O) groups excluding carboxylic acids is 1. The van der Waals surface area contributed by atoms with E-state index in [1.54, 1.807) is 25.1 Å². The average Bonchev–Trinajstić information content (AvgIpc) is 2.96. The first kappa shape index (κ1) is 18.4. The summed E-state index contributed by atoms with van der Waals surface area (Å²) in [4.78, 5) is 18.1. The van der Waals surface area contributed by atoms with E-state index in [4.69, 9.17) is 18.2 Å². The molecule has 0 amide bonds. The summed E-state index contributed by atoms with van der Waals surface area (Å²) in [5.74, 6) is -0.259. The van der Waals surface area contributed by atoms with E-state index in [1.165, 1.54) is 5.56 Å². The van der Waals surface area contributed by atoms with Crippen molar-refractivity contribution in [2.75, 3.05) is 18.0 Å². The van der Waals surface area contributed by atoms with Crippen molar-refractivity contribution in [3.63, 3.8) is 0 Å². The minimum atomic E-state index is -1.46. The third-order valence-electron chi connectivity index (χ3n) is 4.83. The van der Waals surface area contributed by atoms with Gasteiger partial charge in [-0.25, -0.2) is 4.85 Å². The number of Topliss-reactive ketones (excluding diaryl/α,β-unsaturated/α-hetero) is 1. The SMILES string of the molecule is [C-]#[N+]c1ccc(CC(=O)[C@@](C)(O)CN2CCc3ccc(C)cc32)cc1Cl. The lowest BCUT2D eigenvalue weighted by Gasteiger charge is -2.30. The molecule has 5 heteroatoms. The molecule has 1 heterocycles. The zero-order valence-corrected chi connectivity index (χ0v) is 15.7. The summed E-state index contributed by atoms with van der Waals surface area (Å²) in [5, 5.41) is 11.1. The summed E-state index contributed by atoms with van der Waals surface area (Å²) < 4.78 is 0. The number of anilines is 1. The molecule has 0 fully saturated rings. The molecule has 0 saturated carbocycles. The van der Waals surface area contributed by atoms with Gasteiger partial charge in [0.2, 0.25) is 5.69 Å². The molecule has 1 atom stereocenters. The van der Waals surface area contributed by atoms with Gasteiger partial charge in [-0.1, -0.05) is 41.9 Å². The Morgan fingerprint density at radius 2 is 2.12 bits per heavy atom. The summed E-state index contributed by atoms with van der Waals surface area (Å²) >= 11 is 6.04. The molecule has 4 nitrogen and oxygen atoms in total. The van der Waals surface area contributed by atoms with Gasteiger partial charge in [0.05, 0.1) is 13.1 Å². The van der Waals surface area contributed by atoms with Gasteiger partial charge in [0.25, 0.3) is 0 Å². The minimum absolute atomic E-state index is 0.0829. The first-order valence-electron chi connectivity index (χ1n) is 8.56. The number of hydrogen-bond donors (Lipinski definition) is 1. The zero-order valence-electron chi connectivity index (χ0n) is 14.9. The number of benzene rings is 2. The van der Waals surface area contributed by atoms with Crippen LogP contribution in [-0.2, 0) is 17.6 Å². The quantitative estimate of drug-likeness (QED) is 0.807. The van der Waals surface area contributed by atoms with Crippen LogP contribution < -0.4 is 4.90 Å². The number of aryl methyl sites for hydroxylation is 1. The first-order valence-corrected chi connectivity index (χ1v) is 8.94. The van der Waals surface area contributed by atoms with Crippen LogP contribution in [-0.4, -0.2) is 29.6 Å². The lowest BCUT2D eigenvalue weighted by molar-refractivity contribution is -0.134. The van der Waals surface area contributed by atoms with Gasteiger partial charge in [-0.3, -0.25) is 4.79 Å². The fraction of sp³-hybridized carbons (Fsp3) is 0.333. The second-order valence-corrected chi connectivity index (χ2v) is 7.48. The minimum Gasteiger partial charge on any atom is -0.380 e. The van der Waals surface area contributed by atoms with Crippen molar-refractivity contribution in [2.45, 2.75) is 32.3 Å². The Labute approximate surface area is 158 Å². The highest BCUT2D eigenvalue weighted by molar-refractivity contribution is 6.33. The van der Waals surface area contributed by atoms with Gasteiger partial charge in [0.1, 0.15) is 5.60 Å². The summed E-state index contributed by atoms with van der Waals surface area (Å²) in [6.45, 7) is 11.7. The fourth-order valence-electron chi connectivity index (χ4n) is 3.31. The van der Waals surface area contributed by atoms with Crippen molar-refractivity contribution in [3.05, 3.63) is 69.5 Å². The van der Waals surface area contributed by atoms with E-state index in [9.17, 15) is 9.90 Å². The molecule has 0 saturated heterocycles. The molecule has 0 aromatic heterocycles. The van der Waals surface area contributed by atoms with Crippen LogP contribution in [0, 0.1) is 13.5 Å². The van der Waals surface area contributed by atoms with Crippen molar-refractivity contribution >= 4 is 28.8 Å². The van der Waals surface area contributed by atoms with Gasteiger partial charge in [0, 0.05) is 23.7 Å². The molecule has 1 aliphatic heterocycles. The Hall–Kier alpha value is -2.35. The van der Waals surface area contributed by atoms with Crippen LogP contribution in [0.1, 0.15) is 23.6 Å². The van der Waals surface area contributed by atoms with Crippen molar-refractivity contribution < 1.29 is 9.90 Å². The number of rotatable bonds is 5. The Kier molecular flexibility index (Phi) is 5.04. The van der Waals surface area contributed by atoms with Crippen LogP contribution in [0.15, 0.2) is 36.4 Å². The number of β-amino-alcohol motifs (C(OH)–C–C–N with tert-alkyl or cyclic N) is 1. The highest BCUT2D eigenvalue weighted by Gasteiger charge is 2.34. The van der Waals surface area contributed by atoms with Gasteiger partial charge >= 0.3 is 0 Å². The smallest absolute Gasteiger partial charge is 0.205 e. The summed E-state index contributed by atoms with van der Waals surface area (Å²) in [5.41, 5.74) is 3.11. The number of carbonyl (C=O) groups is 1. The maximum atomic E-state index is 12.7. The molecule has 0 bridgehead atoms. The normalized spacial score (nSPS) is 15.3. The lowest BCUT2D eigenvalue weighted by atomic mass is 9.94. The van der Waals surface area contributed by atoms with Crippen LogP contribution in [0.3, 0.4) is 0 Å². The van der Waals surface area contributed by atoms with E-state index < -0.39 is 5.60 Å². The Morgan fingerprint density at radius 3 is 2.81 bits per heavy atom. The molecular weight excluding hydrogens is 348 g/mol. The maximum Gasteiger partial charge on any atom is 0.205 e. The van der Waals surface area contributed by atoms with Crippen LogP contribution >= 0.6 is 11.6 Å². The standard InChI is InChI=1S/C21H21ClN2O2/c1-14-4-6-16-8-9-24(19(16)10-14)13-21(2,26)20(25)12-15-5-7-18(23-3)17(22)11-15/h4-7,10-11,26H,8-9,12-13H2,1-2H3/t21-/m0/s1. The van der Waals surface area contributed by atoms with Crippen LogP contribution in [0.2, 0.25) is 5.02 Å². The molecule has 3 rings (SSSR count). The number of fused-ring (bicyclic) bond motifs is 1. The molecule has 2 aromatic rings. The van der Waals surface area contributed by atoms with Gasteiger partial charge < -0.3 is 10.0 Å². The van der Waals surface area contributed by atoms with Crippen molar-refractivity contribution in [1.82, 2.24) is 0 Å². The number of ketones is 1. The van der Waals surface area contributed by atoms with Crippen molar-refractivity contribution in [1.29, 1.82) is 0 Å². The number of nitrogens with zero attached hydrogens (tertiary/aromatic N) is 2. The largest absolute Gasteiger partial charge is 0.380 e. The lowest BCUT2D eigenvalue weighted by Crippen LogP contribution is -2.47. The highest BCUT2D eigenvalue weighted by Crippen LogP contribution is 2.31. The third kappa shape index (κ3) is 3.75. The summed E-state index contributed by atoms with van der Waals surface area (Å²) in [6, 6.07) is 11.2. The number of hydrogen-bond acceptors (Lipinski definition) is 3. The fourth-order valence-corrected chi connectivity index (χ4v) is 3.55. The predicted octanol–water partition coefficient (Wildman–Crippen LogP) is 4.12. The molecule has 0 radical (unpaired) electrons. The molecular formula is C21H21ClN2O2. The van der Waals surface area contributed by atoms with Gasteiger partial charge in [-0.05, 0) is 43.0 Å². The topological polar surface area (TPSA) is 44.9 Å². The van der Waals surface area contributed by atoms with Crippen LogP contribution in [0.5, 0.6) is 0 Å².